The normalized spacial score (nSPS) is 14.3. The van der Waals surface area contributed by atoms with Crippen LogP contribution in [-0.4, -0.2) is 15.3 Å². The molecule has 3 rings (SSSR count). The Morgan fingerprint density at radius 2 is 0.654 bits per heavy atom. The van der Waals surface area contributed by atoms with Crippen molar-refractivity contribution in [1.82, 2.24) is 0 Å². The predicted molar refractivity (Wildman–Crippen MR) is 225 cm³/mol. The van der Waals surface area contributed by atoms with Crippen molar-refractivity contribution in [2.75, 3.05) is 0 Å². The van der Waals surface area contributed by atoms with Crippen LogP contribution in [0.1, 0.15) is 219 Å². The van der Waals surface area contributed by atoms with Crippen LogP contribution < -0.4 is 0 Å². The summed E-state index contributed by atoms with van der Waals surface area (Å²) in [5.74, 6) is 1.17. The fraction of sp³-hybridized carbons (Fsp3) is 0.633. The predicted octanol–water partition coefficient (Wildman–Crippen LogP) is 14.1. The number of hydrogen-bond acceptors (Lipinski definition) is 3. The van der Waals surface area contributed by atoms with Gasteiger partial charge in [-0.1, -0.05) is 150 Å². The van der Waals surface area contributed by atoms with Crippen molar-refractivity contribution in [3.05, 3.63) is 86.5 Å². The number of phenolic OH excluding ortho intramolecular Hbond substituents is 3. The van der Waals surface area contributed by atoms with Gasteiger partial charge in [0.25, 0.3) is 0 Å². The molecular weight excluding hydrogens is 637 g/mol. The largest absolute Gasteiger partial charge is 0.508 e. The Morgan fingerprint density at radius 3 is 0.904 bits per heavy atom. The van der Waals surface area contributed by atoms with Crippen LogP contribution in [0.3, 0.4) is 0 Å². The Morgan fingerprint density at radius 1 is 0.404 bits per heavy atom. The van der Waals surface area contributed by atoms with Gasteiger partial charge >= 0.3 is 0 Å². The zero-order valence-electron chi connectivity index (χ0n) is 36.8. The molecule has 3 aromatic rings. The molecule has 3 nitrogen and oxygen atoms in total. The molecule has 0 aromatic heterocycles. The van der Waals surface area contributed by atoms with Gasteiger partial charge in [0.1, 0.15) is 17.2 Å². The van der Waals surface area contributed by atoms with E-state index in [1.165, 1.54) is 33.4 Å². The molecule has 0 aliphatic heterocycles. The van der Waals surface area contributed by atoms with Gasteiger partial charge in [-0.05, 0) is 132 Å². The highest BCUT2D eigenvalue weighted by molar-refractivity contribution is 5.57. The van der Waals surface area contributed by atoms with E-state index in [0.29, 0.717) is 17.2 Å². The van der Waals surface area contributed by atoms with Gasteiger partial charge in [-0.3, -0.25) is 0 Å². The topological polar surface area (TPSA) is 60.7 Å². The molecule has 0 aliphatic rings. The van der Waals surface area contributed by atoms with Gasteiger partial charge in [0.05, 0.1) is 0 Å². The van der Waals surface area contributed by atoms with Gasteiger partial charge in [-0.25, -0.2) is 0 Å². The lowest BCUT2D eigenvalue weighted by Gasteiger charge is -2.38. The molecule has 290 valence electrons. The Balaban J connectivity index is 2.64. The van der Waals surface area contributed by atoms with Gasteiger partial charge in [-0.15, -0.1) is 0 Å². The molecular formula is C49H76O3. The Labute approximate surface area is 319 Å². The summed E-state index contributed by atoms with van der Waals surface area (Å²) in [4.78, 5) is 0. The van der Waals surface area contributed by atoms with Crippen LogP contribution in [0.5, 0.6) is 17.2 Å². The minimum Gasteiger partial charge on any atom is -0.508 e. The SMILES string of the molecule is CCC(C)(C)c1cc(O)c(C(C)(C)C)cc1C(C)CC(c1cc(C(C)(C)C)c(O)cc1C(C)(C)CC)c1cc(C(C)(C)C)c(O)cc1C(C)(C)CC. The lowest BCUT2D eigenvalue weighted by atomic mass is 9.66. The third-order valence-electron chi connectivity index (χ3n) is 12.6. The molecule has 0 heterocycles. The zero-order valence-corrected chi connectivity index (χ0v) is 36.8. The molecule has 0 bridgehead atoms. The zero-order chi connectivity index (χ0) is 40.2. The molecule has 3 aromatic carbocycles. The fourth-order valence-corrected chi connectivity index (χ4v) is 7.83. The quantitative estimate of drug-likeness (QED) is 0.185. The highest BCUT2D eigenvalue weighted by Crippen LogP contribution is 2.51. The van der Waals surface area contributed by atoms with E-state index in [-0.39, 0.29) is 44.3 Å². The lowest BCUT2D eigenvalue weighted by Crippen LogP contribution is -2.26. The smallest absolute Gasteiger partial charge is 0.119 e. The molecule has 1 unspecified atom stereocenters. The van der Waals surface area contributed by atoms with Crippen LogP contribution in [0.15, 0.2) is 36.4 Å². The minimum absolute atomic E-state index is 0.0375. The number of hydrogen-bond donors (Lipinski definition) is 3. The number of phenols is 3. The second kappa shape index (κ2) is 14.7. The molecule has 0 aliphatic carbocycles. The van der Waals surface area contributed by atoms with Gasteiger partial charge < -0.3 is 15.3 Å². The second-order valence-electron chi connectivity index (χ2n) is 21.0. The highest BCUT2D eigenvalue weighted by atomic mass is 16.3. The molecule has 3 heteroatoms. The van der Waals surface area contributed by atoms with Crippen LogP contribution in [0.2, 0.25) is 0 Å². The van der Waals surface area contributed by atoms with Crippen molar-refractivity contribution in [3.8, 4) is 17.2 Å². The molecule has 0 saturated heterocycles. The third kappa shape index (κ3) is 8.88. The fourth-order valence-electron chi connectivity index (χ4n) is 7.83. The molecule has 0 fully saturated rings. The first kappa shape index (κ1) is 43.5. The first-order chi connectivity index (χ1) is 23.4. The standard InChI is InChI=1S/C49H76O3/c1-20-47(14,15)35-27-41(50)38(44(5,6)7)24-31(35)30(4)23-32(33-25-39(45(8,9)10)42(51)28-36(33)48(16,17)21-2)34-26-40(46(11,12)13)43(52)29-37(34)49(18,19)22-3/h24-30,32,50-52H,20-23H2,1-19H3. The molecule has 0 saturated carbocycles. The van der Waals surface area contributed by atoms with Crippen molar-refractivity contribution < 1.29 is 15.3 Å². The average Bonchev–Trinajstić information content (AvgIpc) is 3.01. The van der Waals surface area contributed by atoms with Crippen LogP contribution in [0.4, 0.5) is 0 Å². The summed E-state index contributed by atoms with van der Waals surface area (Å²) in [7, 11) is 0. The first-order valence-electron chi connectivity index (χ1n) is 20.1. The second-order valence-corrected chi connectivity index (χ2v) is 21.0. The summed E-state index contributed by atoms with van der Waals surface area (Å²) in [5.41, 5.74) is 8.97. The van der Waals surface area contributed by atoms with Gasteiger partial charge in [-0.2, -0.15) is 0 Å². The van der Waals surface area contributed by atoms with E-state index in [4.69, 9.17) is 0 Å². The van der Waals surface area contributed by atoms with E-state index in [2.05, 4.69) is 168 Å². The van der Waals surface area contributed by atoms with E-state index in [9.17, 15) is 15.3 Å². The van der Waals surface area contributed by atoms with Gasteiger partial charge in [0, 0.05) is 5.92 Å². The molecule has 0 amide bonds. The third-order valence-corrected chi connectivity index (χ3v) is 12.6. The molecule has 3 N–H and O–H groups in total. The van der Waals surface area contributed by atoms with Crippen molar-refractivity contribution in [1.29, 1.82) is 0 Å². The Bertz CT molecular complexity index is 1650. The molecule has 0 spiro atoms. The van der Waals surface area contributed by atoms with E-state index < -0.39 is 0 Å². The van der Waals surface area contributed by atoms with Crippen molar-refractivity contribution in [2.45, 2.75) is 202 Å². The maximum atomic E-state index is 11.7. The van der Waals surface area contributed by atoms with Crippen LogP contribution in [0.25, 0.3) is 0 Å². The lowest BCUT2D eigenvalue weighted by molar-refractivity contribution is 0.429. The van der Waals surface area contributed by atoms with Crippen molar-refractivity contribution >= 4 is 0 Å². The van der Waals surface area contributed by atoms with Crippen LogP contribution in [-0.2, 0) is 32.5 Å². The van der Waals surface area contributed by atoms with E-state index in [1.54, 1.807) is 0 Å². The van der Waals surface area contributed by atoms with Crippen molar-refractivity contribution in [2.24, 2.45) is 0 Å². The number of benzene rings is 3. The summed E-state index contributed by atoms with van der Waals surface area (Å²) in [5, 5.41) is 34.8. The highest BCUT2D eigenvalue weighted by Gasteiger charge is 2.37. The molecule has 0 radical (unpaired) electrons. The number of aromatic hydroxyl groups is 3. The Kier molecular flexibility index (Phi) is 12.3. The summed E-state index contributed by atoms with van der Waals surface area (Å²) in [6.45, 7) is 42.5. The van der Waals surface area contributed by atoms with Gasteiger partial charge in [0.15, 0.2) is 0 Å². The summed E-state index contributed by atoms with van der Waals surface area (Å²) in [6, 6.07) is 13.1. The molecule has 1 atom stereocenters. The summed E-state index contributed by atoms with van der Waals surface area (Å²) < 4.78 is 0. The first-order valence-corrected chi connectivity index (χ1v) is 20.1. The number of rotatable bonds is 11. The average molecular weight is 713 g/mol. The van der Waals surface area contributed by atoms with E-state index >= 15 is 0 Å². The van der Waals surface area contributed by atoms with Crippen LogP contribution in [0, 0.1) is 0 Å². The van der Waals surface area contributed by atoms with Gasteiger partial charge in [0.2, 0.25) is 0 Å². The maximum absolute atomic E-state index is 11.7. The summed E-state index contributed by atoms with van der Waals surface area (Å²) >= 11 is 0. The van der Waals surface area contributed by atoms with E-state index in [1.807, 2.05) is 0 Å². The van der Waals surface area contributed by atoms with Crippen molar-refractivity contribution in [3.63, 3.8) is 0 Å². The maximum Gasteiger partial charge on any atom is 0.119 e. The summed E-state index contributed by atoms with van der Waals surface area (Å²) in [6.07, 6.45) is 3.63. The molecule has 52 heavy (non-hydrogen) atoms. The minimum atomic E-state index is -0.266. The Hall–Kier alpha value is -2.94. The van der Waals surface area contributed by atoms with Crippen LogP contribution >= 0.6 is 0 Å². The monoisotopic (exact) mass is 713 g/mol. The van der Waals surface area contributed by atoms with E-state index in [0.717, 1.165) is 42.4 Å².